The Kier molecular flexibility index (Phi) is 11.6. The number of anilines is 1. The monoisotopic (exact) mass is 709 g/mol. The highest BCUT2D eigenvalue weighted by Gasteiger charge is 2.45. The molecule has 3 aromatic carbocycles. The lowest BCUT2D eigenvalue weighted by Gasteiger charge is -2.24. The van der Waals surface area contributed by atoms with Crippen molar-refractivity contribution in [1.82, 2.24) is 10.2 Å². The third-order valence-electron chi connectivity index (χ3n) is 7.20. The summed E-state index contributed by atoms with van der Waals surface area (Å²) < 4.78 is 12.5. The summed E-state index contributed by atoms with van der Waals surface area (Å²) in [6.45, 7) is 6.98. The molecular weight excluding hydrogens is 677 g/mol. The Hall–Kier alpha value is -3.83. The topological polar surface area (TPSA) is 102 Å². The molecule has 244 valence electrons. The second kappa shape index (κ2) is 15.8. The molecule has 1 amide bonds. The van der Waals surface area contributed by atoms with Crippen LogP contribution >= 0.6 is 46.3 Å². The van der Waals surface area contributed by atoms with E-state index in [4.69, 9.17) is 32.7 Å². The van der Waals surface area contributed by atoms with Crippen LogP contribution in [0.1, 0.15) is 49.9 Å². The van der Waals surface area contributed by atoms with Crippen molar-refractivity contribution in [3.63, 3.8) is 0 Å². The third kappa shape index (κ3) is 8.37. The Balaban J connectivity index is 1.50. The number of allylic oxidation sites excluding steroid dienone is 1. The third-order valence-corrected chi connectivity index (χ3v) is 9.90. The zero-order chi connectivity index (χ0) is 33.5. The first kappa shape index (κ1) is 34.5. The van der Waals surface area contributed by atoms with E-state index < -0.39 is 23.5 Å². The number of nitrogens with zero attached hydrogens (tertiary/aromatic N) is 3. The highest BCUT2D eigenvalue weighted by atomic mass is 35.5. The fourth-order valence-corrected chi connectivity index (χ4v) is 7.24. The van der Waals surface area contributed by atoms with Crippen LogP contribution in [-0.2, 0) is 15.3 Å². The summed E-state index contributed by atoms with van der Waals surface area (Å²) in [6.07, 6.45) is 3.86. The number of carbonyl (C=O) groups excluding carboxylic acids is 2. The minimum atomic E-state index is -1.00. The number of aliphatic hydroxyl groups excluding tert-OH is 1. The highest BCUT2D eigenvalue weighted by Crippen LogP contribution is 2.45. The number of ether oxygens (including phenoxy) is 2. The smallest absolute Gasteiger partial charge is 0.296 e. The number of hydrogen-bond donors (Lipinski definition) is 1. The molecular formula is C35H33Cl2N3O5S2. The number of rotatable bonds is 14. The molecule has 1 unspecified atom stereocenters. The van der Waals surface area contributed by atoms with Crippen LogP contribution in [0.25, 0.3) is 6.08 Å². The van der Waals surface area contributed by atoms with Gasteiger partial charge in [-0.15, -0.1) is 10.2 Å². The predicted octanol–water partition coefficient (Wildman–Crippen LogP) is 9.14. The van der Waals surface area contributed by atoms with Crippen LogP contribution in [0.4, 0.5) is 5.13 Å². The van der Waals surface area contributed by atoms with Crippen molar-refractivity contribution in [3.05, 3.63) is 111 Å². The lowest BCUT2D eigenvalue weighted by Crippen LogP contribution is -2.31. The number of hydrogen-bond acceptors (Lipinski definition) is 9. The van der Waals surface area contributed by atoms with Crippen LogP contribution in [0.2, 0.25) is 10.0 Å². The molecule has 1 aliphatic rings. The predicted molar refractivity (Wildman–Crippen MR) is 189 cm³/mol. The molecule has 0 saturated carbocycles. The Morgan fingerprint density at radius 2 is 1.85 bits per heavy atom. The Labute approximate surface area is 292 Å². The molecule has 0 fully saturated rings. The average Bonchev–Trinajstić information content (AvgIpc) is 3.62. The number of benzene rings is 3. The first-order valence-corrected chi connectivity index (χ1v) is 17.6. The van der Waals surface area contributed by atoms with Crippen molar-refractivity contribution in [2.45, 2.75) is 43.3 Å². The van der Waals surface area contributed by atoms with Crippen LogP contribution in [0.5, 0.6) is 11.5 Å². The SMILES string of the molecule is CCOc1cc(C2C(C(=O)C=Cc3ccccc3)=C(O)C(=O)N2c2nnc(SCc3ccc(Cl)cc3Cl)s2)ccc1OCCC(C)C. The number of aromatic nitrogens is 2. The largest absolute Gasteiger partial charge is 0.503 e. The molecule has 4 aromatic rings. The van der Waals surface area contributed by atoms with E-state index in [1.165, 1.54) is 34.1 Å². The summed E-state index contributed by atoms with van der Waals surface area (Å²) >= 11 is 15.0. The number of carbonyl (C=O) groups is 2. The van der Waals surface area contributed by atoms with Crippen molar-refractivity contribution in [1.29, 1.82) is 0 Å². The van der Waals surface area contributed by atoms with Gasteiger partial charge in [-0.3, -0.25) is 14.5 Å². The van der Waals surface area contributed by atoms with Crippen LogP contribution in [0.15, 0.2) is 88.5 Å². The van der Waals surface area contributed by atoms with Gasteiger partial charge in [0, 0.05) is 15.8 Å². The van der Waals surface area contributed by atoms with Crippen LogP contribution in [-0.4, -0.2) is 40.2 Å². The maximum absolute atomic E-state index is 13.7. The molecule has 1 aliphatic heterocycles. The van der Waals surface area contributed by atoms with E-state index >= 15 is 0 Å². The van der Waals surface area contributed by atoms with E-state index in [0.29, 0.717) is 56.3 Å². The van der Waals surface area contributed by atoms with Gasteiger partial charge in [-0.05, 0) is 66.3 Å². The van der Waals surface area contributed by atoms with Crippen LogP contribution in [0, 0.1) is 5.92 Å². The Morgan fingerprint density at radius 3 is 2.57 bits per heavy atom. The Morgan fingerprint density at radius 1 is 1.06 bits per heavy atom. The minimum absolute atomic E-state index is 0.0737. The van der Waals surface area contributed by atoms with Gasteiger partial charge < -0.3 is 14.6 Å². The molecule has 1 N–H and O–H groups in total. The van der Waals surface area contributed by atoms with E-state index in [1.807, 2.05) is 43.3 Å². The van der Waals surface area contributed by atoms with Crippen molar-refractivity contribution < 1.29 is 24.2 Å². The number of aliphatic hydroxyl groups is 1. The number of amides is 1. The molecule has 1 atom stereocenters. The zero-order valence-electron chi connectivity index (χ0n) is 26.0. The molecule has 5 rings (SSSR count). The second-order valence-corrected chi connectivity index (χ2v) is 14.0. The lowest BCUT2D eigenvalue weighted by atomic mass is 9.95. The second-order valence-electron chi connectivity index (χ2n) is 11.0. The fourth-order valence-electron chi connectivity index (χ4n) is 4.82. The van der Waals surface area contributed by atoms with Crippen molar-refractivity contribution >= 4 is 69.2 Å². The number of thioether (sulfide) groups is 1. The first-order chi connectivity index (χ1) is 22.7. The van der Waals surface area contributed by atoms with Gasteiger partial charge in [-0.25, -0.2) is 0 Å². The Bertz CT molecular complexity index is 1810. The first-order valence-electron chi connectivity index (χ1n) is 15.0. The van der Waals surface area contributed by atoms with Crippen molar-refractivity contribution in [2.24, 2.45) is 5.92 Å². The molecule has 0 radical (unpaired) electrons. The molecule has 8 nitrogen and oxygen atoms in total. The zero-order valence-corrected chi connectivity index (χ0v) is 29.1. The summed E-state index contributed by atoms with van der Waals surface area (Å²) in [6, 6.07) is 18.8. The van der Waals surface area contributed by atoms with Crippen molar-refractivity contribution in [3.8, 4) is 11.5 Å². The van der Waals surface area contributed by atoms with Crippen LogP contribution in [0.3, 0.4) is 0 Å². The molecule has 0 bridgehead atoms. The highest BCUT2D eigenvalue weighted by molar-refractivity contribution is 8.00. The lowest BCUT2D eigenvalue weighted by molar-refractivity contribution is -0.117. The summed E-state index contributed by atoms with van der Waals surface area (Å²) in [5.41, 5.74) is 2.13. The van der Waals surface area contributed by atoms with Gasteiger partial charge in [0.1, 0.15) is 0 Å². The quantitative estimate of drug-likeness (QED) is 0.0786. The summed E-state index contributed by atoms with van der Waals surface area (Å²) in [5.74, 6) is 0.0568. The number of ketones is 1. The minimum Gasteiger partial charge on any atom is -0.503 e. The molecule has 12 heteroatoms. The molecule has 47 heavy (non-hydrogen) atoms. The van der Waals surface area contributed by atoms with E-state index in [0.717, 1.165) is 17.5 Å². The standard InChI is InChI=1S/C35H33Cl2N3O5S2/c1-4-44-29-18-23(12-15-28(29)45-17-16-21(2)3)31-30(27(41)14-10-22-8-6-5-7-9-22)32(42)33(43)40(31)34-38-39-35(47-34)46-20-24-11-13-25(36)19-26(24)37/h5-15,18-19,21,31,42H,4,16-17,20H2,1-3H3. The van der Waals surface area contributed by atoms with Gasteiger partial charge in [-0.2, -0.15) is 0 Å². The average molecular weight is 711 g/mol. The van der Waals surface area contributed by atoms with Gasteiger partial charge >= 0.3 is 0 Å². The van der Waals surface area contributed by atoms with Gasteiger partial charge in [0.2, 0.25) is 5.13 Å². The molecule has 0 aliphatic carbocycles. The van der Waals surface area contributed by atoms with Crippen LogP contribution < -0.4 is 14.4 Å². The summed E-state index contributed by atoms with van der Waals surface area (Å²) in [5, 5.41) is 21.1. The van der Waals surface area contributed by atoms with Gasteiger partial charge in [0.15, 0.2) is 27.4 Å². The maximum atomic E-state index is 13.7. The summed E-state index contributed by atoms with van der Waals surface area (Å²) in [7, 11) is 0. The molecule has 0 saturated heterocycles. The van der Waals surface area contributed by atoms with E-state index in [9.17, 15) is 14.7 Å². The van der Waals surface area contributed by atoms with Gasteiger partial charge in [0.25, 0.3) is 5.91 Å². The van der Waals surface area contributed by atoms with E-state index in [1.54, 1.807) is 36.4 Å². The normalized spacial score (nSPS) is 14.9. The van der Waals surface area contributed by atoms with Crippen molar-refractivity contribution in [2.75, 3.05) is 18.1 Å². The summed E-state index contributed by atoms with van der Waals surface area (Å²) in [4.78, 5) is 28.8. The molecule has 1 aromatic heterocycles. The number of halogens is 2. The fraction of sp³-hybridized carbons (Fsp3) is 0.257. The van der Waals surface area contributed by atoms with Gasteiger partial charge in [0.05, 0.1) is 24.8 Å². The molecule has 2 heterocycles. The molecule has 0 spiro atoms. The van der Waals surface area contributed by atoms with Gasteiger partial charge in [-0.1, -0.05) is 109 Å². The van der Waals surface area contributed by atoms with E-state index in [2.05, 4.69) is 24.0 Å². The van der Waals surface area contributed by atoms with E-state index in [-0.39, 0.29) is 10.7 Å². The maximum Gasteiger partial charge on any atom is 0.296 e.